The molecule has 2 heteroatoms. The average molecular weight is 333 g/mol. The summed E-state index contributed by atoms with van der Waals surface area (Å²) in [6.07, 6.45) is 9.26. The number of benzene rings is 2. The van der Waals surface area contributed by atoms with E-state index >= 15 is 0 Å². The van der Waals surface area contributed by atoms with Gasteiger partial charge in [0.15, 0.2) is 0 Å². The largest absolute Gasteiger partial charge is 0.216 e. The van der Waals surface area contributed by atoms with Crippen LogP contribution in [0.2, 0.25) is 0 Å². The third-order valence-electron chi connectivity index (χ3n) is 5.41. The lowest BCUT2D eigenvalue weighted by Gasteiger charge is -2.28. The van der Waals surface area contributed by atoms with E-state index in [0.29, 0.717) is 17.8 Å². The van der Waals surface area contributed by atoms with Crippen molar-refractivity contribution in [3.63, 3.8) is 0 Å². The number of rotatable bonds is 5. The van der Waals surface area contributed by atoms with Crippen molar-refractivity contribution < 1.29 is 4.39 Å². The maximum Gasteiger partial charge on any atom is 0.0991 e. The van der Waals surface area contributed by atoms with Crippen LogP contribution in [0.15, 0.2) is 60.9 Å². The van der Waals surface area contributed by atoms with Crippen LogP contribution >= 0.6 is 0 Å². The van der Waals surface area contributed by atoms with E-state index in [1.807, 2.05) is 24.3 Å². The summed E-state index contributed by atoms with van der Waals surface area (Å²) in [5.41, 5.74) is 4.47. The summed E-state index contributed by atoms with van der Waals surface area (Å²) >= 11 is 0. The third-order valence-corrected chi connectivity index (χ3v) is 5.41. The van der Waals surface area contributed by atoms with Crippen molar-refractivity contribution in [1.82, 2.24) is 0 Å². The first-order valence-electron chi connectivity index (χ1n) is 9.16. The zero-order chi connectivity index (χ0) is 17.5. The van der Waals surface area contributed by atoms with Gasteiger partial charge in [0.05, 0.1) is 18.0 Å². The highest BCUT2D eigenvalue weighted by Crippen LogP contribution is 2.38. The van der Waals surface area contributed by atoms with E-state index in [0.717, 1.165) is 24.3 Å². The molecule has 1 aliphatic rings. The summed E-state index contributed by atoms with van der Waals surface area (Å²) in [5, 5.41) is 8.89. The summed E-state index contributed by atoms with van der Waals surface area (Å²) < 4.78 is 12.0. The van der Waals surface area contributed by atoms with Crippen molar-refractivity contribution >= 4 is 0 Å². The van der Waals surface area contributed by atoms with E-state index in [9.17, 15) is 4.39 Å². The molecule has 0 radical (unpaired) electrons. The van der Waals surface area contributed by atoms with Gasteiger partial charge in [0.25, 0.3) is 0 Å². The molecule has 3 rings (SSSR count). The second-order valence-corrected chi connectivity index (χ2v) is 6.97. The molecule has 1 aliphatic carbocycles. The van der Waals surface area contributed by atoms with Gasteiger partial charge in [0.1, 0.15) is 0 Å². The lowest BCUT2D eigenvalue weighted by molar-refractivity contribution is 0.311. The molecule has 128 valence electrons. The van der Waals surface area contributed by atoms with Crippen LogP contribution in [-0.4, -0.2) is 0 Å². The second-order valence-electron chi connectivity index (χ2n) is 6.97. The number of hydrogen-bond acceptors (Lipinski definition) is 1. The summed E-state index contributed by atoms with van der Waals surface area (Å²) in [6.45, 7) is 0. The Balaban J connectivity index is 1.58. The van der Waals surface area contributed by atoms with Gasteiger partial charge in [-0.3, -0.25) is 0 Å². The fraction of sp³-hybridized carbons (Fsp3) is 0.348. The van der Waals surface area contributed by atoms with Gasteiger partial charge < -0.3 is 0 Å². The molecule has 2 aromatic rings. The number of hydrogen-bond donors (Lipinski definition) is 0. The van der Waals surface area contributed by atoms with Crippen molar-refractivity contribution in [2.75, 3.05) is 0 Å². The molecule has 0 bridgehead atoms. The Morgan fingerprint density at radius 1 is 0.920 bits per heavy atom. The summed E-state index contributed by atoms with van der Waals surface area (Å²) in [7, 11) is 0. The number of nitriles is 1. The number of allylic oxidation sites excluding steroid dienone is 1. The van der Waals surface area contributed by atoms with Crippen molar-refractivity contribution in [2.24, 2.45) is 5.92 Å². The van der Waals surface area contributed by atoms with E-state index in [1.165, 1.54) is 36.8 Å². The molecule has 25 heavy (non-hydrogen) atoms. The van der Waals surface area contributed by atoms with Gasteiger partial charge in [0.2, 0.25) is 0 Å². The fourth-order valence-electron chi connectivity index (χ4n) is 3.86. The molecule has 0 spiro atoms. The Hall–Kier alpha value is -2.40. The average Bonchev–Trinajstić information content (AvgIpc) is 2.69. The van der Waals surface area contributed by atoms with E-state index in [4.69, 9.17) is 5.26 Å². The maximum absolute atomic E-state index is 12.0. The molecule has 0 aromatic heterocycles. The van der Waals surface area contributed by atoms with Crippen LogP contribution in [0.25, 0.3) is 11.1 Å². The molecule has 0 atom stereocenters. The van der Waals surface area contributed by atoms with E-state index < -0.39 is 0 Å². The minimum atomic E-state index is 0.656. The molecule has 0 aliphatic heterocycles. The highest BCUT2D eigenvalue weighted by molar-refractivity contribution is 5.64. The van der Waals surface area contributed by atoms with Crippen molar-refractivity contribution in [2.45, 2.75) is 44.4 Å². The maximum atomic E-state index is 12.0. The molecule has 1 nitrogen and oxygen atoms in total. The molecular weight excluding hydrogens is 309 g/mol. The lowest BCUT2D eigenvalue weighted by atomic mass is 9.77. The number of nitrogens with zero attached hydrogens (tertiary/aromatic N) is 1. The smallest absolute Gasteiger partial charge is 0.0991 e. The molecule has 2 aromatic carbocycles. The monoisotopic (exact) mass is 333 g/mol. The highest BCUT2D eigenvalue weighted by Gasteiger charge is 2.21. The predicted octanol–water partition coefficient (Wildman–Crippen LogP) is 6.76. The molecule has 0 N–H and O–H groups in total. The van der Waals surface area contributed by atoms with E-state index in [1.54, 1.807) is 6.08 Å². The second kappa shape index (κ2) is 8.62. The Morgan fingerprint density at radius 3 is 2.08 bits per heavy atom. The molecule has 1 fully saturated rings. The zero-order valence-corrected chi connectivity index (χ0v) is 14.5. The SMILES string of the molecule is N#Cc1ccc(-c2ccc([C@H]3CC[C@H](CCC=CF)CC3)cc2)cc1. The first-order valence-corrected chi connectivity index (χ1v) is 9.16. The normalized spacial score (nSPS) is 20.5. The van der Waals surface area contributed by atoms with Gasteiger partial charge in [0, 0.05) is 0 Å². The molecule has 0 amide bonds. The first-order chi connectivity index (χ1) is 12.3. The van der Waals surface area contributed by atoms with Crippen LogP contribution in [0, 0.1) is 17.2 Å². The zero-order valence-electron chi connectivity index (χ0n) is 14.5. The van der Waals surface area contributed by atoms with E-state index in [-0.39, 0.29) is 0 Å². The Morgan fingerprint density at radius 2 is 1.52 bits per heavy atom. The van der Waals surface area contributed by atoms with Crippen LogP contribution in [0.1, 0.15) is 55.6 Å². The van der Waals surface area contributed by atoms with Crippen molar-refractivity contribution in [3.05, 3.63) is 72.1 Å². The van der Waals surface area contributed by atoms with Crippen LogP contribution in [0.3, 0.4) is 0 Å². The van der Waals surface area contributed by atoms with Crippen LogP contribution < -0.4 is 0 Å². The molecule has 0 unspecified atom stereocenters. The molecule has 1 saturated carbocycles. The standard InChI is InChI=1S/C23H24FN/c24-16-2-1-3-18-4-8-20(9-5-18)22-12-14-23(15-13-22)21-10-6-19(17-25)7-11-21/h2,6-7,10-16,18,20H,1,3-5,8-9H2/t18-,20-. The van der Waals surface area contributed by atoms with Crippen LogP contribution in [0.5, 0.6) is 0 Å². The van der Waals surface area contributed by atoms with Gasteiger partial charge in [-0.1, -0.05) is 42.5 Å². The Bertz CT molecular complexity index is 729. The molecule has 0 heterocycles. The van der Waals surface area contributed by atoms with E-state index in [2.05, 4.69) is 30.3 Å². The quantitative estimate of drug-likeness (QED) is 0.593. The molecular formula is C23H24FN. The first kappa shape index (κ1) is 17.4. The van der Waals surface area contributed by atoms with Crippen LogP contribution in [0.4, 0.5) is 4.39 Å². The Kier molecular flexibility index (Phi) is 6.01. The van der Waals surface area contributed by atoms with Crippen molar-refractivity contribution in [1.29, 1.82) is 5.26 Å². The summed E-state index contributed by atoms with van der Waals surface area (Å²) in [6, 6.07) is 18.8. The van der Waals surface area contributed by atoms with Gasteiger partial charge in [-0.25, -0.2) is 4.39 Å². The molecule has 0 saturated heterocycles. The summed E-state index contributed by atoms with van der Waals surface area (Å²) in [4.78, 5) is 0. The minimum Gasteiger partial charge on any atom is -0.216 e. The highest BCUT2D eigenvalue weighted by atomic mass is 19.1. The predicted molar refractivity (Wildman–Crippen MR) is 101 cm³/mol. The number of halogens is 1. The van der Waals surface area contributed by atoms with Gasteiger partial charge in [-0.2, -0.15) is 5.26 Å². The topological polar surface area (TPSA) is 23.8 Å². The lowest BCUT2D eigenvalue weighted by Crippen LogP contribution is -2.13. The van der Waals surface area contributed by atoms with Gasteiger partial charge in [-0.05, 0) is 79.2 Å². The fourth-order valence-corrected chi connectivity index (χ4v) is 3.86. The van der Waals surface area contributed by atoms with Gasteiger partial charge >= 0.3 is 0 Å². The van der Waals surface area contributed by atoms with Crippen LogP contribution in [-0.2, 0) is 0 Å². The minimum absolute atomic E-state index is 0.656. The van der Waals surface area contributed by atoms with Gasteiger partial charge in [-0.15, -0.1) is 0 Å². The van der Waals surface area contributed by atoms with Crippen molar-refractivity contribution in [3.8, 4) is 17.2 Å². The summed E-state index contributed by atoms with van der Waals surface area (Å²) in [5.74, 6) is 1.41. The third kappa shape index (κ3) is 4.57. The Labute approximate surface area is 149 Å².